The number of halogens is 1. The molecule has 0 radical (unpaired) electrons. The number of unbranched alkanes of at least 4 members (excludes halogenated alkanes) is 1. The third kappa shape index (κ3) is 4.51. The maximum Gasteiger partial charge on any atom is 0.224 e. The molecule has 0 saturated carbocycles. The molecule has 4 heteroatoms. The molecule has 0 unspecified atom stereocenters. The van der Waals surface area contributed by atoms with Crippen molar-refractivity contribution in [2.45, 2.75) is 39.2 Å². The Bertz CT molecular complexity index is 670. The molecule has 0 aliphatic heterocycles. The van der Waals surface area contributed by atoms with Crippen molar-refractivity contribution in [1.82, 2.24) is 0 Å². The summed E-state index contributed by atoms with van der Waals surface area (Å²) in [6, 6.07) is 15.3. The fourth-order valence-electron chi connectivity index (χ4n) is 2.87. The summed E-state index contributed by atoms with van der Waals surface area (Å²) >= 11 is 6.00. The maximum atomic E-state index is 12.4. The van der Waals surface area contributed by atoms with E-state index in [1.165, 1.54) is 0 Å². The molecule has 2 aromatic rings. The Labute approximate surface area is 149 Å². The highest BCUT2D eigenvalue weighted by molar-refractivity contribution is 6.30. The van der Waals surface area contributed by atoms with Crippen LogP contribution in [0.15, 0.2) is 48.5 Å². The number of methoxy groups -OCH3 is 1. The quantitative estimate of drug-likeness (QED) is 0.650. The van der Waals surface area contributed by atoms with Gasteiger partial charge in [-0.05, 0) is 48.4 Å². The van der Waals surface area contributed by atoms with Crippen LogP contribution in [0.4, 0.5) is 5.69 Å². The standard InChI is InChI=1S/C20H24ClNO2/c1-4-5-9-20(16-7-6-8-19(14-16)24-3)22(15(2)23)18-12-10-17(21)11-13-18/h6-8,10-14,20H,4-5,9H2,1-3H3/t20-/m1/s1. The summed E-state index contributed by atoms with van der Waals surface area (Å²) in [5.41, 5.74) is 1.93. The molecular formula is C20H24ClNO2. The summed E-state index contributed by atoms with van der Waals surface area (Å²) < 4.78 is 5.35. The number of ether oxygens (including phenoxy) is 1. The summed E-state index contributed by atoms with van der Waals surface area (Å²) in [6.45, 7) is 3.76. The third-order valence-electron chi connectivity index (χ3n) is 4.07. The van der Waals surface area contributed by atoms with Crippen LogP contribution in [0.25, 0.3) is 0 Å². The van der Waals surface area contributed by atoms with E-state index in [0.717, 1.165) is 36.3 Å². The highest BCUT2D eigenvalue weighted by atomic mass is 35.5. The molecule has 0 aliphatic carbocycles. The summed E-state index contributed by atoms with van der Waals surface area (Å²) in [4.78, 5) is 14.3. The average Bonchev–Trinajstić information content (AvgIpc) is 2.59. The van der Waals surface area contributed by atoms with E-state index in [9.17, 15) is 4.79 Å². The largest absolute Gasteiger partial charge is 0.497 e. The molecule has 0 saturated heterocycles. The summed E-state index contributed by atoms with van der Waals surface area (Å²) in [5.74, 6) is 0.815. The first kappa shape index (κ1) is 18.3. The lowest BCUT2D eigenvalue weighted by Gasteiger charge is -2.32. The van der Waals surface area contributed by atoms with Crippen LogP contribution in [0.2, 0.25) is 5.02 Å². The lowest BCUT2D eigenvalue weighted by Crippen LogP contribution is -2.33. The monoisotopic (exact) mass is 345 g/mol. The van der Waals surface area contributed by atoms with E-state index in [1.54, 1.807) is 14.0 Å². The molecule has 24 heavy (non-hydrogen) atoms. The fourth-order valence-corrected chi connectivity index (χ4v) is 3.00. The second kappa shape index (κ2) is 8.74. The van der Waals surface area contributed by atoms with E-state index in [0.29, 0.717) is 5.02 Å². The number of carbonyl (C=O) groups is 1. The van der Waals surface area contributed by atoms with Gasteiger partial charge in [0.1, 0.15) is 5.75 Å². The molecule has 1 amide bonds. The molecule has 2 rings (SSSR count). The van der Waals surface area contributed by atoms with Gasteiger partial charge in [-0.15, -0.1) is 0 Å². The van der Waals surface area contributed by atoms with Crippen molar-refractivity contribution in [2.75, 3.05) is 12.0 Å². The van der Waals surface area contributed by atoms with Crippen molar-refractivity contribution in [1.29, 1.82) is 0 Å². The van der Waals surface area contributed by atoms with Gasteiger partial charge < -0.3 is 9.64 Å². The Morgan fingerprint density at radius 3 is 2.50 bits per heavy atom. The Kier molecular flexibility index (Phi) is 6.68. The van der Waals surface area contributed by atoms with Gasteiger partial charge in [-0.3, -0.25) is 4.79 Å². The second-order valence-corrected chi connectivity index (χ2v) is 6.24. The predicted molar refractivity (Wildman–Crippen MR) is 99.9 cm³/mol. The predicted octanol–water partition coefficient (Wildman–Crippen LogP) is 5.63. The number of carbonyl (C=O) groups excluding carboxylic acids is 1. The summed E-state index contributed by atoms with van der Waals surface area (Å²) in [5, 5.41) is 0.661. The van der Waals surface area contributed by atoms with Crippen LogP contribution < -0.4 is 9.64 Å². The van der Waals surface area contributed by atoms with Gasteiger partial charge in [0.15, 0.2) is 0 Å². The molecule has 3 nitrogen and oxygen atoms in total. The van der Waals surface area contributed by atoms with E-state index in [1.807, 2.05) is 47.4 Å². The van der Waals surface area contributed by atoms with Gasteiger partial charge in [-0.1, -0.05) is 43.5 Å². The molecule has 0 spiro atoms. The van der Waals surface area contributed by atoms with E-state index >= 15 is 0 Å². The van der Waals surface area contributed by atoms with Crippen LogP contribution in [0, 0.1) is 0 Å². The van der Waals surface area contributed by atoms with Crippen molar-refractivity contribution in [3.05, 3.63) is 59.1 Å². The van der Waals surface area contributed by atoms with Gasteiger partial charge in [0.25, 0.3) is 0 Å². The molecule has 0 N–H and O–H groups in total. The Morgan fingerprint density at radius 1 is 1.21 bits per heavy atom. The zero-order chi connectivity index (χ0) is 17.5. The molecule has 2 aromatic carbocycles. The van der Waals surface area contributed by atoms with Gasteiger partial charge in [0, 0.05) is 17.6 Å². The van der Waals surface area contributed by atoms with Crippen molar-refractivity contribution in [2.24, 2.45) is 0 Å². The lowest BCUT2D eigenvalue weighted by atomic mass is 9.98. The van der Waals surface area contributed by atoms with Crippen molar-refractivity contribution >= 4 is 23.2 Å². The van der Waals surface area contributed by atoms with E-state index in [4.69, 9.17) is 16.3 Å². The summed E-state index contributed by atoms with van der Waals surface area (Å²) in [7, 11) is 1.65. The first-order chi connectivity index (χ1) is 11.6. The molecule has 0 bridgehead atoms. The van der Waals surface area contributed by atoms with Gasteiger partial charge in [-0.25, -0.2) is 0 Å². The van der Waals surface area contributed by atoms with Crippen molar-refractivity contribution < 1.29 is 9.53 Å². The van der Waals surface area contributed by atoms with Crippen molar-refractivity contribution in [3.8, 4) is 5.75 Å². The highest BCUT2D eigenvalue weighted by Crippen LogP contribution is 2.33. The van der Waals surface area contributed by atoms with Gasteiger partial charge in [-0.2, -0.15) is 0 Å². The SMILES string of the molecule is CCCC[C@H](c1cccc(OC)c1)N(C(C)=O)c1ccc(Cl)cc1. The third-order valence-corrected chi connectivity index (χ3v) is 4.32. The van der Waals surface area contributed by atoms with E-state index in [-0.39, 0.29) is 11.9 Å². The number of rotatable bonds is 7. The molecule has 128 valence electrons. The number of anilines is 1. The number of benzene rings is 2. The van der Waals surface area contributed by atoms with Crippen LogP contribution in [-0.2, 0) is 4.79 Å². The lowest BCUT2D eigenvalue weighted by molar-refractivity contribution is -0.117. The minimum Gasteiger partial charge on any atom is -0.497 e. The average molecular weight is 346 g/mol. The number of hydrogen-bond donors (Lipinski definition) is 0. The molecule has 0 fully saturated rings. The van der Waals surface area contributed by atoms with Crippen molar-refractivity contribution in [3.63, 3.8) is 0 Å². The fraction of sp³-hybridized carbons (Fsp3) is 0.350. The van der Waals surface area contributed by atoms with Crippen LogP contribution in [0.3, 0.4) is 0 Å². The number of amides is 1. The Morgan fingerprint density at radius 2 is 1.92 bits per heavy atom. The highest BCUT2D eigenvalue weighted by Gasteiger charge is 2.24. The molecular weight excluding hydrogens is 322 g/mol. The van der Waals surface area contributed by atoms with E-state index < -0.39 is 0 Å². The van der Waals surface area contributed by atoms with Gasteiger partial charge in [0.05, 0.1) is 13.2 Å². The minimum absolute atomic E-state index is 0.0150. The first-order valence-electron chi connectivity index (χ1n) is 8.26. The van der Waals surface area contributed by atoms with E-state index in [2.05, 4.69) is 13.0 Å². The number of nitrogens with zero attached hydrogens (tertiary/aromatic N) is 1. The zero-order valence-electron chi connectivity index (χ0n) is 14.5. The molecule has 1 atom stereocenters. The van der Waals surface area contributed by atoms with Crippen LogP contribution in [0.1, 0.15) is 44.7 Å². The minimum atomic E-state index is -0.0290. The maximum absolute atomic E-state index is 12.4. The second-order valence-electron chi connectivity index (χ2n) is 5.80. The van der Waals surface area contributed by atoms with Crippen LogP contribution >= 0.6 is 11.6 Å². The smallest absolute Gasteiger partial charge is 0.224 e. The number of hydrogen-bond acceptors (Lipinski definition) is 2. The van der Waals surface area contributed by atoms with Crippen LogP contribution in [0.5, 0.6) is 5.75 Å². The zero-order valence-corrected chi connectivity index (χ0v) is 15.2. The molecule has 0 aliphatic rings. The Balaban J connectivity index is 2.45. The van der Waals surface area contributed by atoms with Gasteiger partial charge in [0.2, 0.25) is 5.91 Å². The molecule has 0 heterocycles. The summed E-state index contributed by atoms with van der Waals surface area (Å²) in [6.07, 6.45) is 3.01. The normalized spacial score (nSPS) is 11.8. The van der Waals surface area contributed by atoms with Crippen LogP contribution in [-0.4, -0.2) is 13.0 Å². The molecule has 0 aromatic heterocycles. The Hall–Kier alpha value is -2.00. The first-order valence-corrected chi connectivity index (χ1v) is 8.64. The van der Waals surface area contributed by atoms with Gasteiger partial charge >= 0.3 is 0 Å². The topological polar surface area (TPSA) is 29.5 Å².